The molecule has 2 heterocycles. The number of nitrogens with zero attached hydrogens (tertiary/aromatic N) is 2. The van der Waals surface area contributed by atoms with E-state index in [1.54, 1.807) is 0 Å². The molecule has 2 unspecified atom stereocenters. The summed E-state index contributed by atoms with van der Waals surface area (Å²) in [5.41, 5.74) is 2.34. The zero-order chi connectivity index (χ0) is 16.9. The van der Waals surface area contributed by atoms with Gasteiger partial charge < -0.3 is 9.84 Å². The molecule has 4 heteroatoms. The number of likely N-dealkylation sites (tertiary alicyclic amines) is 1. The van der Waals surface area contributed by atoms with Crippen LogP contribution in [0.1, 0.15) is 37.8 Å². The Morgan fingerprint density at radius 2 is 1.54 bits per heavy atom. The molecule has 2 aliphatic heterocycles. The molecule has 0 aromatic heterocycles. The highest BCUT2D eigenvalue weighted by molar-refractivity contribution is 5.21. The lowest BCUT2D eigenvalue weighted by molar-refractivity contribution is -0.0732. The third-order valence-electron chi connectivity index (χ3n) is 5.33. The SMILES string of the molecule is CC1CN(CC2CCN(Cc3ccc(CO)cc3)CC2)CC(C)O1. The fourth-order valence-corrected chi connectivity index (χ4v) is 4.13. The van der Waals surface area contributed by atoms with E-state index in [2.05, 4.69) is 35.8 Å². The Hall–Kier alpha value is -0.940. The van der Waals surface area contributed by atoms with Gasteiger partial charge in [-0.15, -0.1) is 0 Å². The third-order valence-corrected chi connectivity index (χ3v) is 5.33. The van der Waals surface area contributed by atoms with Crippen LogP contribution in [0.2, 0.25) is 0 Å². The molecule has 0 bridgehead atoms. The molecular weight excluding hydrogens is 300 g/mol. The first-order valence-electron chi connectivity index (χ1n) is 9.41. The minimum absolute atomic E-state index is 0.129. The van der Waals surface area contributed by atoms with Crippen molar-refractivity contribution in [1.82, 2.24) is 9.80 Å². The van der Waals surface area contributed by atoms with Gasteiger partial charge in [0, 0.05) is 26.2 Å². The first-order chi connectivity index (χ1) is 11.6. The van der Waals surface area contributed by atoms with Gasteiger partial charge in [-0.3, -0.25) is 9.80 Å². The van der Waals surface area contributed by atoms with Gasteiger partial charge in [0.15, 0.2) is 0 Å². The van der Waals surface area contributed by atoms with Crippen molar-refractivity contribution in [1.29, 1.82) is 0 Å². The van der Waals surface area contributed by atoms with Gasteiger partial charge >= 0.3 is 0 Å². The van der Waals surface area contributed by atoms with Crippen molar-refractivity contribution in [2.45, 2.75) is 52.0 Å². The van der Waals surface area contributed by atoms with Crippen molar-refractivity contribution in [2.24, 2.45) is 5.92 Å². The van der Waals surface area contributed by atoms with E-state index in [1.165, 1.54) is 38.0 Å². The van der Waals surface area contributed by atoms with Gasteiger partial charge in [0.05, 0.1) is 18.8 Å². The highest BCUT2D eigenvalue weighted by Crippen LogP contribution is 2.22. The maximum absolute atomic E-state index is 9.12. The van der Waals surface area contributed by atoms with E-state index in [0.717, 1.165) is 31.1 Å². The number of rotatable bonds is 5. The van der Waals surface area contributed by atoms with Crippen LogP contribution in [0.3, 0.4) is 0 Å². The van der Waals surface area contributed by atoms with Gasteiger partial charge in [-0.2, -0.15) is 0 Å². The summed E-state index contributed by atoms with van der Waals surface area (Å²) in [6, 6.07) is 8.36. The number of ether oxygens (including phenoxy) is 1. The lowest BCUT2D eigenvalue weighted by Gasteiger charge is -2.39. The fraction of sp³-hybridized carbons (Fsp3) is 0.700. The first-order valence-corrected chi connectivity index (χ1v) is 9.41. The Bertz CT molecular complexity index is 487. The molecule has 4 nitrogen and oxygen atoms in total. The van der Waals surface area contributed by atoms with Gasteiger partial charge in [0.1, 0.15) is 0 Å². The van der Waals surface area contributed by atoms with Crippen LogP contribution in [-0.2, 0) is 17.9 Å². The predicted molar refractivity (Wildman–Crippen MR) is 96.8 cm³/mol. The van der Waals surface area contributed by atoms with E-state index in [-0.39, 0.29) is 6.61 Å². The van der Waals surface area contributed by atoms with Gasteiger partial charge in [0.25, 0.3) is 0 Å². The molecule has 0 radical (unpaired) electrons. The fourth-order valence-electron chi connectivity index (χ4n) is 4.13. The van der Waals surface area contributed by atoms with Crippen molar-refractivity contribution >= 4 is 0 Å². The second-order valence-electron chi connectivity index (χ2n) is 7.67. The average molecular weight is 332 g/mol. The van der Waals surface area contributed by atoms with Gasteiger partial charge in [0.2, 0.25) is 0 Å². The molecule has 1 aromatic rings. The van der Waals surface area contributed by atoms with E-state index < -0.39 is 0 Å². The summed E-state index contributed by atoms with van der Waals surface area (Å²) in [5, 5.41) is 9.12. The van der Waals surface area contributed by atoms with Crippen LogP contribution in [0.15, 0.2) is 24.3 Å². The van der Waals surface area contributed by atoms with E-state index in [9.17, 15) is 0 Å². The Kier molecular flexibility index (Phi) is 6.28. The lowest BCUT2D eigenvalue weighted by Crippen LogP contribution is -2.48. The summed E-state index contributed by atoms with van der Waals surface area (Å²) in [6.07, 6.45) is 3.34. The first kappa shape index (κ1) is 17.9. The monoisotopic (exact) mass is 332 g/mol. The smallest absolute Gasteiger partial charge is 0.0681 e. The maximum Gasteiger partial charge on any atom is 0.0681 e. The minimum Gasteiger partial charge on any atom is -0.392 e. The third kappa shape index (κ3) is 5.03. The molecule has 2 atom stereocenters. The zero-order valence-corrected chi connectivity index (χ0v) is 15.2. The van der Waals surface area contributed by atoms with Crippen LogP contribution in [-0.4, -0.2) is 59.8 Å². The molecule has 0 aliphatic carbocycles. The van der Waals surface area contributed by atoms with Crippen LogP contribution in [0, 0.1) is 5.92 Å². The van der Waals surface area contributed by atoms with Gasteiger partial charge in [-0.1, -0.05) is 24.3 Å². The minimum atomic E-state index is 0.129. The highest BCUT2D eigenvalue weighted by atomic mass is 16.5. The quantitative estimate of drug-likeness (QED) is 0.899. The van der Waals surface area contributed by atoms with Crippen LogP contribution < -0.4 is 0 Å². The van der Waals surface area contributed by atoms with Crippen LogP contribution in [0.4, 0.5) is 0 Å². The normalized spacial score (nSPS) is 27.5. The van der Waals surface area contributed by atoms with E-state index >= 15 is 0 Å². The summed E-state index contributed by atoms with van der Waals surface area (Å²) in [4.78, 5) is 5.17. The molecule has 0 spiro atoms. The van der Waals surface area contributed by atoms with Gasteiger partial charge in [-0.05, 0) is 56.8 Å². The van der Waals surface area contributed by atoms with Crippen molar-refractivity contribution in [3.63, 3.8) is 0 Å². The maximum atomic E-state index is 9.12. The predicted octanol–water partition coefficient (Wildman–Crippen LogP) is 2.50. The summed E-state index contributed by atoms with van der Waals surface area (Å²) in [5.74, 6) is 0.829. The number of aliphatic hydroxyl groups is 1. The number of hydrogen-bond donors (Lipinski definition) is 1. The molecule has 0 amide bonds. The molecule has 24 heavy (non-hydrogen) atoms. The molecular formula is C20H32N2O2. The van der Waals surface area contributed by atoms with E-state index in [0.29, 0.717) is 12.2 Å². The number of aliphatic hydroxyl groups excluding tert-OH is 1. The molecule has 1 N–H and O–H groups in total. The second-order valence-corrected chi connectivity index (χ2v) is 7.67. The van der Waals surface area contributed by atoms with Crippen molar-refractivity contribution in [3.8, 4) is 0 Å². The number of piperidine rings is 1. The number of morpholine rings is 1. The standard InChI is InChI=1S/C20H32N2O2/c1-16-11-22(12-17(2)24-16)14-19-7-9-21(10-8-19)13-18-3-5-20(15-23)6-4-18/h3-6,16-17,19,23H,7-15H2,1-2H3. The van der Waals surface area contributed by atoms with Crippen molar-refractivity contribution < 1.29 is 9.84 Å². The molecule has 2 fully saturated rings. The van der Waals surface area contributed by atoms with E-state index in [4.69, 9.17) is 9.84 Å². The molecule has 1 aromatic carbocycles. The largest absolute Gasteiger partial charge is 0.392 e. The summed E-state index contributed by atoms with van der Waals surface area (Å²) < 4.78 is 5.84. The van der Waals surface area contributed by atoms with E-state index in [1.807, 2.05) is 12.1 Å². The second kappa shape index (κ2) is 8.43. The molecule has 2 saturated heterocycles. The van der Waals surface area contributed by atoms with Crippen molar-refractivity contribution in [2.75, 3.05) is 32.7 Å². The summed E-state index contributed by atoms with van der Waals surface area (Å²) >= 11 is 0. The summed E-state index contributed by atoms with van der Waals surface area (Å²) in [7, 11) is 0. The van der Waals surface area contributed by atoms with Gasteiger partial charge in [-0.25, -0.2) is 0 Å². The topological polar surface area (TPSA) is 35.9 Å². The van der Waals surface area contributed by atoms with Crippen LogP contribution in [0.5, 0.6) is 0 Å². The summed E-state index contributed by atoms with van der Waals surface area (Å²) in [6.45, 7) is 11.3. The molecule has 3 rings (SSSR count). The number of hydrogen-bond acceptors (Lipinski definition) is 4. The Morgan fingerprint density at radius 1 is 0.958 bits per heavy atom. The molecule has 0 saturated carbocycles. The van der Waals surface area contributed by atoms with Crippen LogP contribution >= 0.6 is 0 Å². The Labute approximate surface area is 146 Å². The lowest BCUT2D eigenvalue weighted by atomic mass is 9.95. The van der Waals surface area contributed by atoms with Crippen LogP contribution in [0.25, 0.3) is 0 Å². The number of benzene rings is 1. The highest BCUT2D eigenvalue weighted by Gasteiger charge is 2.26. The Morgan fingerprint density at radius 3 is 2.12 bits per heavy atom. The average Bonchev–Trinajstić information content (AvgIpc) is 2.56. The van der Waals surface area contributed by atoms with Crippen molar-refractivity contribution in [3.05, 3.63) is 35.4 Å². The molecule has 2 aliphatic rings. The molecule has 134 valence electrons. The zero-order valence-electron chi connectivity index (χ0n) is 15.2. The Balaban J connectivity index is 1.42.